The molecule has 0 N–H and O–H groups in total. The van der Waals surface area contributed by atoms with Crippen LogP contribution in [-0.2, 0) is 25.5 Å². The van der Waals surface area contributed by atoms with Gasteiger partial charge in [-0.1, -0.05) is 19.1 Å². The molecule has 0 fully saturated rings. The van der Waals surface area contributed by atoms with Crippen molar-refractivity contribution in [2.75, 3.05) is 21.0 Å². The second kappa shape index (κ2) is 11.2. The van der Waals surface area contributed by atoms with Crippen molar-refractivity contribution < 1.29 is 23.8 Å². The summed E-state index contributed by atoms with van der Waals surface area (Å²) in [6.45, 7) is 7.10. The molecule has 0 radical (unpaired) electrons. The van der Waals surface area contributed by atoms with E-state index < -0.39 is 23.8 Å². The lowest BCUT2D eigenvalue weighted by Gasteiger charge is -2.34. The zero-order chi connectivity index (χ0) is 23.9. The van der Waals surface area contributed by atoms with Gasteiger partial charge in [0.25, 0.3) is 5.56 Å². The highest BCUT2D eigenvalue weighted by Crippen LogP contribution is 2.19. The normalized spacial score (nSPS) is 13.6. The molecule has 0 bridgehead atoms. The number of amides is 1. The predicted molar refractivity (Wildman–Crippen MR) is 120 cm³/mol. The Kier molecular flexibility index (Phi) is 8.91. The molecule has 0 aliphatic rings. The number of likely N-dealkylation sites (N-methyl/N-ethyl adjacent to an activating group) is 1. The fraction of sp³-hybridized carbons (Fsp3) is 0.565. The van der Waals surface area contributed by atoms with Gasteiger partial charge < -0.3 is 19.1 Å². The number of rotatable bonds is 10. The van der Waals surface area contributed by atoms with Crippen LogP contribution in [0.25, 0.3) is 10.9 Å². The second-order valence-electron chi connectivity index (χ2n) is 8.62. The fourth-order valence-corrected chi connectivity index (χ4v) is 3.35. The van der Waals surface area contributed by atoms with Crippen molar-refractivity contribution in [2.45, 2.75) is 64.8 Å². The number of hydrogen-bond donors (Lipinski definition) is 0. The van der Waals surface area contributed by atoms with E-state index in [9.17, 15) is 14.4 Å². The Bertz CT molecular complexity index is 982. The predicted octanol–water partition coefficient (Wildman–Crippen LogP) is 2.99. The van der Waals surface area contributed by atoms with E-state index in [1.165, 1.54) is 22.9 Å². The van der Waals surface area contributed by atoms with Crippen LogP contribution in [0.1, 0.15) is 40.5 Å². The number of ketones is 1. The molecule has 0 aliphatic heterocycles. The number of fused-ring (bicyclic) bond motifs is 1. The quantitative estimate of drug-likeness (QED) is 0.516. The Labute approximate surface area is 188 Å². The van der Waals surface area contributed by atoms with E-state index in [0.717, 1.165) is 0 Å². The Hall–Kier alpha value is -2.78. The van der Waals surface area contributed by atoms with Crippen molar-refractivity contribution in [3.05, 3.63) is 40.9 Å². The summed E-state index contributed by atoms with van der Waals surface area (Å²) < 4.78 is 17.5. The molecule has 0 saturated carbocycles. The first-order valence-corrected chi connectivity index (χ1v) is 10.6. The highest BCUT2D eigenvalue weighted by Gasteiger charge is 2.33. The van der Waals surface area contributed by atoms with Gasteiger partial charge in [0, 0.05) is 20.6 Å². The molecular formula is C23H33N3O6. The minimum atomic E-state index is -0.681. The van der Waals surface area contributed by atoms with E-state index in [2.05, 4.69) is 4.98 Å². The van der Waals surface area contributed by atoms with E-state index >= 15 is 0 Å². The second-order valence-corrected chi connectivity index (χ2v) is 8.62. The summed E-state index contributed by atoms with van der Waals surface area (Å²) in [4.78, 5) is 44.0. The third kappa shape index (κ3) is 6.86. The monoisotopic (exact) mass is 447 g/mol. The SMILES string of the molecule is CC[C@H](OCOC)[C@@H](CC(=O)Cn1cnc2ccccc2c1=O)N(C)C(=O)OC(C)(C)C. The van der Waals surface area contributed by atoms with Gasteiger partial charge in [0.15, 0.2) is 5.78 Å². The van der Waals surface area contributed by atoms with Crippen LogP contribution in [0.2, 0.25) is 0 Å². The maximum Gasteiger partial charge on any atom is 0.410 e. The molecular weight excluding hydrogens is 414 g/mol. The van der Waals surface area contributed by atoms with E-state index in [1.54, 1.807) is 52.1 Å². The Morgan fingerprint density at radius 2 is 1.91 bits per heavy atom. The van der Waals surface area contributed by atoms with E-state index in [4.69, 9.17) is 14.2 Å². The molecule has 2 aromatic rings. The standard InChI is InChI=1S/C23H33N3O6/c1-7-20(31-15-30-6)19(25(5)22(29)32-23(2,3)4)12-16(27)13-26-14-24-18-11-9-8-10-17(18)21(26)28/h8-11,14,19-20H,7,12-13,15H2,1-6H3/t19-,20+/m1/s1. The number of carbonyl (C=O) groups excluding carboxylic acids is 2. The Morgan fingerprint density at radius 1 is 1.22 bits per heavy atom. The molecule has 0 spiro atoms. The Balaban J connectivity index is 2.24. The van der Waals surface area contributed by atoms with Gasteiger partial charge >= 0.3 is 6.09 Å². The first kappa shape index (κ1) is 25.5. The topological polar surface area (TPSA) is 100.0 Å². The number of carbonyl (C=O) groups is 2. The maximum atomic E-state index is 13.0. The third-order valence-electron chi connectivity index (χ3n) is 4.93. The maximum absolute atomic E-state index is 13.0. The number of para-hydroxylation sites is 1. The van der Waals surface area contributed by atoms with Crippen LogP contribution in [0, 0.1) is 0 Å². The van der Waals surface area contributed by atoms with Crippen LogP contribution in [-0.4, -0.2) is 65.0 Å². The van der Waals surface area contributed by atoms with Crippen molar-refractivity contribution >= 4 is 22.8 Å². The van der Waals surface area contributed by atoms with Crippen molar-refractivity contribution in [3.8, 4) is 0 Å². The van der Waals surface area contributed by atoms with E-state index in [-0.39, 0.29) is 31.1 Å². The molecule has 32 heavy (non-hydrogen) atoms. The number of benzene rings is 1. The molecule has 1 amide bonds. The van der Waals surface area contributed by atoms with Crippen LogP contribution in [0.4, 0.5) is 4.79 Å². The number of nitrogens with zero attached hydrogens (tertiary/aromatic N) is 3. The van der Waals surface area contributed by atoms with Gasteiger partial charge in [-0.3, -0.25) is 14.2 Å². The first-order chi connectivity index (χ1) is 15.1. The third-order valence-corrected chi connectivity index (χ3v) is 4.93. The molecule has 2 rings (SSSR count). The van der Waals surface area contributed by atoms with Gasteiger partial charge in [0.1, 0.15) is 12.4 Å². The number of methoxy groups -OCH3 is 1. The molecule has 1 aromatic carbocycles. The lowest BCUT2D eigenvalue weighted by atomic mass is 10.0. The summed E-state index contributed by atoms with van der Waals surface area (Å²) in [5.74, 6) is -0.232. The highest BCUT2D eigenvalue weighted by atomic mass is 16.7. The number of ether oxygens (including phenoxy) is 3. The minimum Gasteiger partial charge on any atom is -0.444 e. The number of hydrogen-bond acceptors (Lipinski definition) is 7. The first-order valence-electron chi connectivity index (χ1n) is 10.6. The summed E-state index contributed by atoms with van der Waals surface area (Å²) in [6, 6.07) is 6.38. The fourth-order valence-electron chi connectivity index (χ4n) is 3.35. The summed E-state index contributed by atoms with van der Waals surface area (Å²) in [7, 11) is 3.08. The molecule has 0 aliphatic carbocycles. The molecule has 176 valence electrons. The van der Waals surface area contributed by atoms with Gasteiger partial charge in [0.2, 0.25) is 0 Å². The van der Waals surface area contributed by atoms with Crippen LogP contribution >= 0.6 is 0 Å². The summed E-state index contributed by atoms with van der Waals surface area (Å²) >= 11 is 0. The Morgan fingerprint density at radius 3 is 2.53 bits per heavy atom. The van der Waals surface area contributed by atoms with Crippen molar-refractivity contribution in [3.63, 3.8) is 0 Å². The van der Waals surface area contributed by atoms with Gasteiger partial charge in [-0.15, -0.1) is 0 Å². The van der Waals surface area contributed by atoms with Crippen LogP contribution in [0.15, 0.2) is 35.4 Å². The van der Waals surface area contributed by atoms with Crippen LogP contribution < -0.4 is 5.56 Å². The van der Waals surface area contributed by atoms with Crippen molar-refractivity contribution in [1.29, 1.82) is 0 Å². The smallest absolute Gasteiger partial charge is 0.410 e. The van der Waals surface area contributed by atoms with Crippen molar-refractivity contribution in [2.24, 2.45) is 0 Å². The van der Waals surface area contributed by atoms with Crippen molar-refractivity contribution in [1.82, 2.24) is 14.5 Å². The van der Waals surface area contributed by atoms with Gasteiger partial charge in [-0.2, -0.15) is 0 Å². The molecule has 1 aromatic heterocycles. The molecule has 9 nitrogen and oxygen atoms in total. The summed E-state index contributed by atoms with van der Waals surface area (Å²) in [6.07, 6.45) is 0.888. The lowest BCUT2D eigenvalue weighted by molar-refractivity contribution is -0.126. The molecule has 1 heterocycles. The number of Topliss-reactive ketones (excluding diaryl/α,β-unsaturated/α-hetero) is 1. The zero-order valence-electron chi connectivity index (χ0n) is 19.7. The molecule has 0 saturated heterocycles. The van der Waals surface area contributed by atoms with Crippen LogP contribution in [0.3, 0.4) is 0 Å². The lowest BCUT2D eigenvalue weighted by Crippen LogP contribution is -2.49. The van der Waals surface area contributed by atoms with Crippen LogP contribution in [0.5, 0.6) is 0 Å². The largest absolute Gasteiger partial charge is 0.444 e. The van der Waals surface area contributed by atoms with Gasteiger partial charge in [-0.25, -0.2) is 9.78 Å². The minimum absolute atomic E-state index is 0.0166. The highest BCUT2D eigenvalue weighted by molar-refractivity contribution is 5.81. The number of aromatic nitrogens is 2. The van der Waals surface area contributed by atoms with E-state index in [0.29, 0.717) is 17.3 Å². The van der Waals surface area contributed by atoms with Gasteiger partial charge in [-0.05, 0) is 39.3 Å². The summed E-state index contributed by atoms with van der Waals surface area (Å²) in [5, 5.41) is 0.445. The molecule has 2 atom stereocenters. The average Bonchev–Trinajstić information content (AvgIpc) is 2.73. The zero-order valence-corrected chi connectivity index (χ0v) is 19.7. The van der Waals surface area contributed by atoms with Gasteiger partial charge in [0.05, 0.1) is 35.9 Å². The average molecular weight is 448 g/mol. The summed E-state index contributed by atoms with van der Waals surface area (Å²) in [5.41, 5.74) is -0.398. The van der Waals surface area contributed by atoms with E-state index in [1.807, 2.05) is 6.92 Å². The molecule has 9 heteroatoms. The molecule has 0 unspecified atom stereocenters.